The van der Waals surface area contributed by atoms with Crippen molar-refractivity contribution in [1.29, 1.82) is 0 Å². The predicted molar refractivity (Wildman–Crippen MR) is 140 cm³/mol. The smallest absolute Gasteiger partial charge is 0.214 e. The molecule has 2 aromatic carbocycles. The number of hydrogen-bond donors (Lipinski definition) is 2. The van der Waals surface area contributed by atoms with Gasteiger partial charge in [-0.2, -0.15) is 5.10 Å². The Labute approximate surface area is 220 Å². The summed E-state index contributed by atoms with van der Waals surface area (Å²) in [5.41, 5.74) is 6.06. The van der Waals surface area contributed by atoms with Crippen LogP contribution in [0.5, 0.6) is 11.5 Å². The van der Waals surface area contributed by atoms with Crippen molar-refractivity contribution in [2.24, 2.45) is 0 Å². The van der Waals surface area contributed by atoms with Crippen molar-refractivity contribution in [3.63, 3.8) is 0 Å². The second-order valence-corrected chi connectivity index (χ2v) is 9.19. The van der Waals surface area contributed by atoms with Crippen LogP contribution in [0.25, 0.3) is 11.4 Å². The molecular formula is C23H20BrCl2N5O2S. The van der Waals surface area contributed by atoms with Gasteiger partial charge in [0.2, 0.25) is 4.77 Å². The Morgan fingerprint density at radius 3 is 2.59 bits per heavy atom. The summed E-state index contributed by atoms with van der Waals surface area (Å²) < 4.78 is 14.9. The van der Waals surface area contributed by atoms with E-state index in [0.717, 1.165) is 21.2 Å². The monoisotopic (exact) mass is 579 g/mol. The summed E-state index contributed by atoms with van der Waals surface area (Å²) in [5, 5.41) is 8.14. The van der Waals surface area contributed by atoms with Crippen LogP contribution in [0.15, 0.2) is 59.3 Å². The largest absolute Gasteiger partial charge is 0.490 e. The van der Waals surface area contributed by atoms with E-state index in [0.29, 0.717) is 51.9 Å². The number of benzene rings is 2. The molecule has 0 spiro atoms. The van der Waals surface area contributed by atoms with E-state index < -0.39 is 0 Å². The Hall–Kier alpha value is -2.59. The molecule has 0 fully saturated rings. The number of aromatic nitrogens is 4. The number of hydrogen-bond acceptors (Lipinski definition) is 6. The van der Waals surface area contributed by atoms with E-state index in [1.165, 1.54) is 0 Å². The summed E-state index contributed by atoms with van der Waals surface area (Å²) in [6, 6.07) is 13.0. The molecule has 0 aliphatic heterocycles. The van der Waals surface area contributed by atoms with Gasteiger partial charge in [0.05, 0.1) is 27.7 Å². The summed E-state index contributed by atoms with van der Waals surface area (Å²) >= 11 is 21.1. The number of aromatic amines is 1. The highest BCUT2D eigenvalue weighted by atomic mass is 79.9. The lowest BCUT2D eigenvalue weighted by Crippen LogP contribution is -2.16. The lowest BCUT2D eigenvalue weighted by molar-refractivity contribution is 0.267. The average molecular weight is 581 g/mol. The molecule has 0 aliphatic carbocycles. The highest BCUT2D eigenvalue weighted by molar-refractivity contribution is 9.10. The minimum Gasteiger partial charge on any atom is -0.490 e. The fraction of sp³-hybridized carbons (Fsp3) is 0.174. The quantitative estimate of drug-likeness (QED) is 0.212. The Morgan fingerprint density at radius 1 is 1.06 bits per heavy atom. The molecule has 11 heteroatoms. The number of halogens is 3. The Bertz CT molecular complexity index is 1350. The van der Waals surface area contributed by atoms with E-state index in [1.807, 2.05) is 37.3 Å². The molecule has 0 amide bonds. The van der Waals surface area contributed by atoms with Crippen molar-refractivity contribution >= 4 is 51.3 Å². The zero-order valence-corrected chi connectivity index (χ0v) is 21.9. The molecule has 0 bridgehead atoms. The molecule has 0 aliphatic rings. The predicted octanol–water partition coefficient (Wildman–Crippen LogP) is 6.79. The number of ether oxygens (including phenoxy) is 2. The normalized spacial score (nSPS) is 10.8. The van der Waals surface area contributed by atoms with Gasteiger partial charge in [0, 0.05) is 18.0 Å². The molecule has 0 unspecified atom stereocenters. The van der Waals surface area contributed by atoms with Crippen molar-refractivity contribution in [2.45, 2.75) is 20.1 Å². The SMILES string of the molecule is CCOc1cc(CNn2c(-c3ccncc3)n[nH]c2=S)cc(Br)c1OCc1ccc(Cl)c(Cl)c1. The number of nitrogens with one attached hydrogen (secondary N) is 2. The Balaban J connectivity index is 1.53. The summed E-state index contributed by atoms with van der Waals surface area (Å²) in [7, 11) is 0. The van der Waals surface area contributed by atoms with Gasteiger partial charge < -0.3 is 14.9 Å². The topological polar surface area (TPSA) is 77.0 Å². The Kier molecular flexibility index (Phi) is 8.10. The van der Waals surface area contributed by atoms with Gasteiger partial charge in [-0.05, 0) is 82.6 Å². The highest BCUT2D eigenvalue weighted by Crippen LogP contribution is 2.38. The molecule has 0 radical (unpaired) electrons. The van der Waals surface area contributed by atoms with Crippen molar-refractivity contribution in [1.82, 2.24) is 19.9 Å². The van der Waals surface area contributed by atoms with E-state index in [2.05, 4.69) is 36.5 Å². The van der Waals surface area contributed by atoms with Crippen LogP contribution < -0.4 is 14.9 Å². The number of pyridine rings is 1. The molecule has 2 N–H and O–H groups in total. The van der Waals surface area contributed by atoms with Gasteiger partial charge in [-0.25, -0.2) is 9.77 Å². The number of nitrogens with zero attached hydrogens (tertiary/aromatic N) is 3. The number of H-pyrrole nitrogens is 1. The first-order valence-electron chi connectivity index (χ1n) is 10.3. The van der Waals surface area contributed by atoms with Crippen LogP contribution in [-0.4, -0.2) is 26.5 Å². The fourth-order valence-electron chi connectivity index (χ4n) is 3.22. The summed E-state index contributed by atoms with van der Waals surface area (Å²) in [5.74, 6) is 1.89. The van der Waals surface area contributed by atoms with Crippen LogP contribution in [0, 0.1) is 4.77 Å². The first kappa shape index (κ1) is 24.5. The van der Waals surface area contributed by atoms with Gasteiger partial charge in [-0.15, -0.1) is 0 Å². The molecule has 2 aromatic heterocycles. The summed E-state index contributed by atoms with van der Waals surface area (Å²) in [4.78, 5) is 4.05. The zero-order chi connectivity index (χ0) is 24.1. The average Bonchev–Trinajstić information content (AvgIpc) is 3.20. The van der Waals surface area contributed by atoms with Crippen LogP contribution in [0.3, 0.4) is 0 Å². The van der Waals surface area contributed by atoms with Crippen molar-refractivity contribution < 1.29 is 9.47 Å². The second-order valence-electron chi connectivity index (χ2n) is 7.13. The summed E-state index contributed by atoms with van der Waals surface area (Å²) in [6.45, 7) is 3.20. The Morgan fingerprint density at radius 2 is 1.85 bits per heavy atom. The third kappa shape index (κ3) is 5.72. The lowest BCUT2D eigenvalue weighted by atomic mass is 10.2. The summed E-state index contributed by atoms with van der Waals surface area (Å²) in [6.07, 6.45) is 3.42. The molecule has 4 aromatic rings. The minimum absolute atomic E-state index is 0.312. The van der Waals surface area contributed by atoms with Crippen molar-refractivity contribution in [3.8, 4) is 22.9 Å². The van der Waals surface area contributed by atoms with E-state index in [1.54, 1.807) is 29.2 Å². The number of rotatable bonds is 9. The van der Waals surface area contributed by atoms with Crippen LogP contribution >= 0.6 is 51.3 Å². The van der Waals surface area contributed by atoms with E-state index in [9.17, 15) is 0 Å². The van der Waals surface area contributed by atoms with Gasteiger partial charge in [-0.3, -0.25) is 4.98 Å². The van der Waals surface area contributed by atoms with Crippen LogP contribution in [-0.2, 0) is 13.2 Å². The third-order valence-corrected chi connectivity index (χ3v) is 6.39. The van der Waals surface area contributed by atoms with Crippen LogP contribution in [0.2, 0.25) is 10.0 Å². The lowest BCUT2D eigenvalue weighted by Gasteiger charge is -2.17. The standard InChI is InChI=1S/C23H20BrCl2N5O2S/c1-2-32-20-11-15(9-17(24)21(20)33-13-14-3-4-18(25)19(26)10-14)12-28-31-22(29-30-23(31)34)16-5-7-27-8-6-16/h3-11,28H,2,12-13H2,1H3,(H,30,34). The molecule has 4 rings (SSSR count). The second kappa shape index (κ2) is 11.2. The first-order chi connectivity index (χ1) is 16.5. The van der Waals surface area contributed by atoms with Crippen LogP contribution in [0.4, 0.5) is 0 Å². The zero-order valence-electron chi connectivity index (χ0n) is 18.0. The van der Waals surface area contributed by atoms with Gasteiger partial charge >= 0.3 is 0 Å². The van der Waals surface area contributed by atoms with E-state index >= 15 is 0 Å². The maximum absolute atomic E-state index is 6.12. The molecule has 0 saturated carbocycles. The van der Waals surface area contributed by atoms with Gasteiger partial charge in [0.25, 0.3) is 0 Å². The van der Waals surface area contributed by atoms with Gasteiger partial charge in [0.1, 0.15) is 6.61 Å². The van der Waals surface area contributed by atoms with Gasteiger partial charge in [-0.1, -0.05) is 29.3 Å². The van der Waals surface area contributed by atoms with Crippen molar-refractivity contribution in [2.75, 3.05) is 12.0 Å². The highest BCUT2D eigenvalue weighted by Gasteiger charge is 2.14. The molecular weight excluding hydrogens is 561 g/mol. The van der Waals surface area contributed by atoms with E-state index in [4.69, 9.17) is 44.9 Å². The molecule has 0 saturated heterocycles. The molecule has 7 nitrogen and oxygen atoms in total. The maximum Gasteiger partial charge on any atom is 0.214 e. The molecule has 34 heavy (non-hydrogen) atoms. The molecule has 176 valence electrons. The first-order valence-corrected chi connectivity index (χ1v) is 12.3. The molecule has 2 heterocycles. The van der Waals surface area contributed by atoms with Crippen molar-refractivity contribution in [3.05, 3.63) is 85.3 Å². The van der Waals surface area contributed by atoms with Crippen LogP contribution in [0.1, 0.15) is 18.1 Å². The fourth-order valence-corrected chi connectivity index (χ4v) is 4.34. The minimum atomic E-state index is 0.312. The maximum atomic E-state index is 6.12. The van der Waals surface area contributed by atoms with Gasteiger partial charge in [0.15, 0.2) is 17.3 Å². The van der Waals surface area contributed by atoms with E-state index in [-0.39, 0.29) is 0 Å². The third-order valence-electron chi connectivity index (χ3n) is 4.79. The molecule has 0 atom stereocenters.